The van der Waals surface area contributed by atoms with Crippen LogP contribution in [0.15, 0.2) is 46.9 Å². The molecule has 0 radical (unpaired) electrons. The normalized spacial score (nSPS) is 16.5. The summed E-state index contributed by atoms with van der Waals surface area (Å²) >= 11 is 0. The van der Waals surface area contributed by atoms with E-state index in [9.17, 15) is 4.79 Å². The van der Waals surface area contributed by atoms with E-state index in [2.05, 4.69) is 15.2 Å². The molecule has 158 valence electrons. The standard InChI is InChI=1S/C23H27N3O4/c1-28-20-10-9-16(14-21(20)29-2)11-12-24-22(27)17-6-5-13-26(15-17)23-25-18-7-3-4-8-19(18)30-23/h3-4,7-10,14,17H,5-6,11-13,15H2,1-2H3,(H,24,27)/t17-/m0/s1. The zero-order valence-corrected chi connectivity index (χ0v) is 17.4. The molecule has 1 fully saturated rings. The minimum Gasteiger partial charge on any atom is -0.493 e. The molecule has 30 heavy (non-hydrogen) atoms. The number of carbonyl (C=O) groups is 1. The second-order valence-electron chi connectivity index (χ2n) is 7.48. The molecule has 4 rings (SSSR count). The number of oxazole rings is 1. The quantitative estimate of drug-likeness (QED) is 0.644. The Hall–Kier alpha value is -3.22. The largest absolute Gasteiger partial charge is 0.493 e. The molecule has 0 unspecified atom stereocenters. The number of nitrogens with one attached hydrogen (secondary N) is 1. The minimum absolute atomic E-state index is 0.0702. The molecule has 2 heterocycles. The molecule has 0 spiro atoms. The third kappa shape index (κ3) is 4.35. The molecule has 1 N–H and O–H groups in total. The molecular formula is C23H27N3O4. The third-order valence-electron chi connectivity index (χ3n) is 5.51. The van der Waals surface area contributed by atoms with Gasteiger partial charge in [-0.1, -0.05) is 18.2 Å². The first-order valence-electron chi connectivity index (χ1n) is 10.3. The summed E-state index contributed by atoms with van der Waals surface area (Å²) in [6.45, 7) is 2.05. The van der Waals surface area contributed by atoms with E-state index in [1.807, 2.05) is 42.5 Å². The molecule has 1 saturated heterocycles. The first-order chi connectivity index (χ1) is 14.7. The summed E-state index contributed by atoms with van der Waals surface area (Å²) < 4.78 is 16.5. The Kier molecular flexibility index (Phi) is 6.07. The second-order valence-corrected chi connectivity index (χ2v) is 7.48. The highest BCUT2D eigenvalue weighted by atomic mass is 16.5. The Balaban J connectivity index is 1.32. The number of rotatable bonds is 7. The topological polar surface area (TPSA) is 76.8 Å². The lowest BCUT2D eigenvalue weighted by molar-refractivity contribution is -0.125. The van der Waals surface area contributed by atoms with Crippen molar-refractivity contribution in [2.45, 2.75) is 19.3 Å². The van der Waals surface area contributed by atoms with Gasteiger partial charge in [0.1, 0.15) is 5.52 Å². The van der Waals surface area contributed by atoms with Crippen molar-refractivity contribution in [2.75, 3.05) is 38.8 Å². The molecular weight excluding hydrogens is 382 g/mol. The molecule has 3 aromatic rings. The van der Waals surface area contributed by atoms with Gasteiger partial charge in [0.25, 0.3) is 6.01 Å². The molecule has 0 saturated carbocycles. The molecule has 0 bridgehead atoms. The molecule has 1 aliphatic heterocycles. The lowest BCUT2D eigenvalue weighted by Gasteiger charge is -2.30. The fraction of sp³-hybridized carbons (Fsp3) is 0.391. The molecule has 0 aliphatic carbocycles. The Morgan fingerprint density at radius 3 is 2.83 bits per heavy atom. The van der Waals surface area contributed by atoms with Gasteiger partial charge in [-0.25, -0.2) is 0 Å². The number of hydrogen-bond donors (Lipinski definition) is 1. The summed E-state index contributed by atoms with van der Waals surface area (Å²) in [5.74, 6) is 1.41. The van der Waals surface area contributed by atoms with Gasteiger partial charge in [-0.05, 0) is 49.1 Å². The van der Waals surface area contributed by atoms with E-state index in [-0.39, 0.29) is 11.8 Å². The zero-order chi connectivity index (χ0) is 20.9. The van der Waals surface area contributed by atoms with Crippen molar-refractivity contribution in [3.8, 4) is 11.5 Å². The van der Waals surface area contributed by atoms with Gasteiger partial charge in [0, 0.05) is 19.6 Å². The summed E-state index contributed by atoms with van der Waals surface area (Å²) in [6.07, 6.45) is 2.54. The van der Waals surface area contributed by atoms with Crippen molar-refractivity contribution in [3.05, 3.63) is 48.0 Å². The first kappa shape index (κ1) is 20.1. The van der Waals surface area contributed by atoms with Gasteiger partial charge in [-0.2, -0.15) is 4.98 Å². The van der Waals surface area contributed by atoms with Gasteiger partial charge in [0.2, 0.25) is 5.91 Å². The van der Waals surface area contributed by atoms with Crippen molar-refractivity contribution in [2.24, 2.45) is 5.92 Å². The highest BCUT2D eigenvalue weighted by molar-refractivity contribution is 5.80. The molecule has 7 nitrogen and oxygen atoms in total. The number of piperidine rings is 1. The lowest BCUT2D eigenvalue weighted by Crippen LogP contribution is -2.43. The number of para-hydroxylation sites is 2. The predicted molar refractivity (Wildman–Crippen MR) is 115 cm³/mol. The van der Waals surface area contributed by atoms with Crippen LogP contribution >= 0.6 is 0 Å². The fourth-order valence-electron chi connectivity index (χ4n) is 3.87. The molecule has 1 aromatic heterocycles. The van der Waals surface area contributed by atoms with Crippen molar-refractivity contribution < 1.29 is 18.7 Å². The fourth-order valence-corrected chi connectivity index (χ4v) is 3.87. The molecule has 7 heteroatoms. The van der Waals surface area contributed by atoms with E-state index < -0.39 is 0 Å². The summed E-state index contributed by atoms with van der Waals surface area (Å²) in [5, 5.41) is 3.08. The third-order valence-corrected chi connectivity index (χ3v) is 5.51. The Bertz CT molecular complexity index is 984. The number of aromatic nitrogens is 1. The SMILES string of the molecule is COc1ccc(CCNC(=O)[C@H]2CCCN(c3nc4ccccc4o3)C2)cc1OC. The highest BCUT2D eigenvalue weighted by Gasteiger charge is 2.28. The van der Waals surface area contributed by atoms with Gasteiger partial charge in [0.05, 0.1) is 20.1 Å². The average molecular weight is 409 g/mol. The van der Waals surface area contributed by atoms with Gasteiger partial charge in [-0.15, -0.1) is 0 Å². The van der Waals surface area contributed by atoms with E-state index in [1.165, 1.54) is 0 Å². The number of ether oxygens (including phenoxy) is 2. The van der Waals surface area contributed by atoms with Crippen LogP contribution in [0.5, 0.6) is 11.5 Å². The first-order valence-corrected chi connectivity index (χ1v) is 10.3. The van der Waals surface area contributed by atoms with E-state index in [1.54, 1.807) is 14.2 Å². The van der Waals surface area contributed by atoms with Crippen LogP contribution in [0.3, 0.4) is 0 Å². The lowest BCUT2D eigenvalue weighted by atomic mass is 9.97. The number of hydrogen-bond acceptors (Lipinski definition) is 6. The Labute approximate surface area is 176 Å². The van der Waals surface area contributed by atoms with E-state index in [4.69, 9.17) is 13.9 Å². The Morgan fingerprint density at radius 2 is 2.03 bits per heavy atom. The van der Waals surface area contributed by atoms with Crippen LogP contribution in [0, 0.1) is 5.92 Å². The van der Waals surface area contributed by atoms with Gasteiger partial charge < -0.3 is 24.1 Å². The summed E-state index contributed by atoms with van der Waals surface area (Å²) in [6, 6.07) is 14.1. The zero-order valence-electron chi connectivity index (χ0n) is 17.4. The van der Waals surface area contributed by atoms with E-state index in [0.717, 1.165) is 42.5 Å². The molecule has 1 aliphatic rings. The van der Waals surface area contributed by atoms with Gasteiger partial charge in [0.15, 0.2) is 17.1 Å². The van der Waals surface area contributed by atoms with Crippen molar-refractivity contribution in [1.82, 2.24) is 10.3 Å². The molecule has 1 atom stereocenters. The second kappa shape index (κ2) is 9.07. The van der Waals surface area contributed by atoms with E-state index >= 15 is 0 Å². The van der Waals surface area contributed by atoms with Crippen LogP contribution < -0.4 is 19.7 Å². The van der Waals surface area contributed by atoms with Crippen molar-refractivity contribution >= 4 is 23.0 Å². The molecule has 2 aromatic carbocycles. The number of amides is 1. The minimum atomic E-state index is -0.0702. The number of fused-ring (bicyclic) bond motifs is 1. The summed E-state index contributed by atoms with van der Waals surface area (Å²) in [5.41, 5.74) is 2.70. The summed E-state index contributed by atoms with van der Waals surface area (Å²) in [4.78, 5) is 19.4. The Morgan fingerprint density at radius 1 is 1.20 bits per heavy atom. The highest BCUT2D eigenvalue weighted by Crippen LogP contribution is 2.28. The van der Waals surface area contributed by atoms with Gasteiger partial charge >= 0.3 is 0 Å². The van der Waals surface area contributed by atoms with Crippen LogP contribution in [-0.4, -0.2) is 44.7 Å². The smallest absolute Gasteiger partial charge is 0.298 e. The maximum atomic E-state index is 12.7. The number of nitrogens with zero attached hydrogens (tertiary/aromatic N) is 2. The maximum Gasteiger partial charge on any atom is 0.298 e. The number of anilines is 1. The van der Waals surface area contributed by atoms with Crippen LogP contribution in [0.2, 0.25) is 0 Å². The number of benzene rings is 2. The summed E-state index contributed by atoms with van der Waals surface area (Å²) in [7, 11) is 3.24. The van der Waals surface area contributed by atoms with Crippen molar-refractivity contribution in [1.29, 1.82) is 0 Å². The predicted octanol–water partition coefficient (Wildman–Crippen LogP) is 3.42. The molecule has 1 amide bonds. The monoisotopic (exact) mass is 409 g/mol. The van der Waals surface area contributed by atoms with Gasteiger partial charge in [-0.3, -0.25) is 4.79 Å². The van der Waals surface area contributed by atoms with Crippen LogP contribution in [0.1, 0.15) is 18.4 Å². The average Bonchev–Trinajstić information content (AvgIpc) is 3.23. The van der Waals surface area contributed by atoms with Crippen molar-refractivity contribution in [3.63, 3.8) is 0 Å². The van der Waals surface area contributed by atoms with Crippen LogP contribution in [0.25, 0.3) is 11.1 Å². The number of carbonyl (C=O) groups excluding carboxylic acids is 1. The van der Waals surface area contributed by atoms with E-state index in [0.29, 0.717) is 30.6 Å². The maximum absolute atomic E-state index is 12.7. The number of methoxy groups -OCH3 is 2. The van der Waals surface area contributed by atoms with Crippen LogP contribution in [0.4, 0.5) is 6.01 Å². The van der Waals surface area contributed by atoms with Crippen LogP contribution in [-0.2, 0) is 11.2 Å².